The van der Waals surface area contributed by atoms with E-state index in [1.54, 1.807) is 31.4 Å². The van der Waals surface area contributed by atoms with Crippen molar-refractivity contribution in [3.8, 4) is 5.75 Å². The Morgan fingerprint density at radius 1 is 1.12 bits per heavy atom. The van der Waals surface area contributed by atoms with Crippen LogP contribution in [0.2, 0.25) is 0 Å². The number of anilines is 1. The lowest BCUT2D eigenvalue weighted by atomic mass is 10.2. The monoisotopic (exact) mass is 341 g/mol. The number of hydrogen-bond donors (Lipinski definition) is 2. The molecule has 0 saturated heterocycles. The normalized spacial score (nSPS) is 10.4. The average molecular weight is 341 g/mol. The summed E-state index contributed by atoms with van der Waals surface area (Å²) in [5, 5.41) is 5.30. The minimum absolute atomic E-state index is 0.367. The number of hydrogen-bond acceptors (Lipinski definition) is 5. The number of nitrogens with one attached hydrogen (secondary N) is 2. The fourth-order valence-electron chi connectivity index (χ4n) is 2.13. The largest absolute Gasteiger partial charge is 0.497 e. The van der Waals surface area contributed by atoms with Crippen molar-refractivity contribution in [1.29, 1.82) is 0 Å². The van der Waals surface area contributed by atoms with E-state index in [0.717, 1.165) is 15.8 Å². The second-order valence-corrected chi connectivity index (χ2v) is 6.16. The summed E-state index contributed by atoms with van der Waals surface area (Å²) in [4.78, 5) is 28.3. The highest BCUT2D eigenvalue weighted by Gasteiger charge is 2.12. The molecule has 0 unspecified atom stereocenters. The topological polar surface area (TPSA) is 80.3 Å². The Morgan fingerprint density at radius 3 is 2.58 bits per heavy atom. The summed E-state index contributed by atoms with van der Waals surface area (Å²) < 4.78 is 6.01. The van der Waals surface area contributed by atoms with Crippen LogP contribution in [0.1, 0.15) is 15.9 Å². The van der Waals surface area contributed by atoms with E-state index in [0.29, 0.717) is 16.4 Å². The second kappa shape index (κ2) is 6.67. The Kier molecular flexibility index (Phi) is 4.43. The molecule has 0 saturated carbocycles. The van der Waals surface area contributed by atoms with Crippen molar-refractivity contribution in [3.63, 3.8) is 0 Å². The number of nitrogens with zero attached hydrogens (tertiary/aromatic N) is 1. The van der Waals surface area contributed by atoms with Crippen molar-refractivity contribution in [1.82, 2.24) is 10.3 Å². The van der Waals surface area contributed by atoms with Gasteiger partial charge in [0.1, 0.15) is 5.75 Å². The molecule has 3 amide bonds. The minimum Gasteiger partial charge on any atom is -0.497 e. The van der Waals surface area contributed by atoms with Crippen molar-refractivity contribution in [2.75, 3.05) is 12.4 Å². The Bertz CT molecular complexity index is 903. The van der Waals surface area contributed by atoms with Gasteiger partial charge in [-0.2, -0.15) is 0 Å². The van der Waals surface area contributed by atoms with Crippen molar-refractivity contribution in [2.24, 2.45) is 0 Å². The van der Waals surface area contributed by atoms with E-state index in [2.05, 4.69) is 15.6 Å². The van der Waals surface area contributed by atoms with E-state index in [1.807, 2.05) is 25.1 Å². The number of aromatic nitrogens is 1. The van der Waals surface area contributed by atoms with Gasteiger partial charge in [-0.15, -0.1) is 0 Å². The van der Waals surface area contributed by atoms with Gasteiger partial charge in [0.05, 0.1) is 17.3 Å². The molecule has 0 atom stereocenters. The third-order valence-corrected chi connectivity index (χ3v) is 4.28. The molecular weight excluding hydrogens is 326 g/mol. The first-order valence-electron chi connectivity index (χ1n) is 7.19. The Morgan fingerprint density at radius 2 is 1.88 bits per heavy atom. The van der Waals surface area contributed by atoms with Crippen LogP contribution in [0.25, 0.3) is 10.2 Å². The van der Waals surface area contributed by atoms with Crippen LogP contribution in [0.15, 0.2) is 42.5 Å². The van der Waals surface area contributed by atoms with Crippen LogP contribution >= 0.6 is 11.3 Å². The maximum atomic E-state index is 12.0. The molecule has 2 aromatic carbocycles. The lowest BCUT2D eigenvalue weighted by Gasteiger charge is -2.05. The third-order valence-electron chi connectivity index (χ3n) is 3.34. The summed E-state index contributed by atoms with van der Waals surface area (Å²) in [6.07, 6.45) is 0. The highest BCUT2D eigenvalue weighted by molar-refractivity contribution is 7.22. The molecule has 1 aromatic heterocycles. The van der Waals surface area contributed by atoms with Gasteiger partial charge >= 0.3 is 6.03 Å². The number of methoxy groups -OCH3 is 1. The molecule has 24 heavy (non-hydrogen) atoms. The number of aryl methyl sites for hydroxylation is 1. The lowest BCUT2D eigenvalue weighted by molar-refractivity contribution is 0.0967. The average Bonchev–Trinajstić information content (AvgIpc) is 2.95. The highest BCUT2D eigenvalue weighted by atomic mass is 32.1. The molecule has 1 heterocycles. The maximum absolute atomic E-state index is 12.0. The molecule has 0 spiro atoms. The van der Waals surface area contributed by atoms with Crippen LogP contribution in [-0.4, -0.2) is 24.0 Å². The van der Waals surface area contributed by atoms with Gasteiger partial charge in [0, 0.05) is 5.56 Å². The number of rotatable bonds is 3. The number of amides is 3. The number of thiazole rings is 1. The van der Waals surface area contributed by atoms with Crippen LogP contribution < -0.4 is 15.4 Å². The summed E-state index contributed by atoms with van der Waals surface area (Å²) >= 11 is 1.36. The van der Waals surface area contributed by atoms with Crippen molar-refractivity contribution < 1.29 is 14.3 Å². The first kappa shape index (κ1) is 15.9. The summed E-state index contributed by atoms with van der Waals surface area (Å²) in [5.41, 5.74) is 2.30. The molecule has 0 aliphatic carbocycles. The standard InChI is InChI=1S/C17H15N3O3S/c1-10-3-8-13-14(9-10)24-17(18-13)20-16(22)19-15(21)11-4-6-12(23-2)7-5-11/h3-9H,1-2H3,(H2,18,19,20,21,22). The zero-order valence-corrected chi connectivity index (χ0v) is 13.9. The number of urea groups is 1. The number of fused-ring (bicyclic) bond motifs is 1. The molecule has 0 fully saturated rings. The van der Waals surface area contributed by atoms with Crippen LogP contribution in [0, 0.1) is 6.92 Å². The smallest absolute Gasteiger partial charge is 0.327 e. The zero-order valence-electron chi connectivity index (χ0n) is 13.1. The van der Waals surface area contributed by atoms with Crippen molar-refractivity contribution in [2.45, 2.75) is 6.92 Å². The van der Waals surface area contributed by atoms with Gasteiger partial charge in [-0.3, -0.25) is 15.4 Å². The first-order valence-corrected chi connectivity index (χ1v) is 8.00. The number of imide groups is 1. The van der Waals surface area contributed by atoms with Crippen molar-refractivity contribution in [3.05, 3.63) is 53.6 Å². The third kappa shape index (κ3) is 3.52. The van der Waals surface area contributed by atoms with Gasteiger partial charge in [0.15, 0.2) is 5.13 Å². The van der Waals surface area contributed by atoms with Gasteiger partial charge in [0.2, 0.25) is 0 Å². The molecule has 122 valence electrons. The number of benzene rings is 2. The van der Waals surface area contributed by atoms with E-state index in [1.165, 1.54) is 11.3 Å². The summed E-state index contributed by atoms with van der Waals surface area (Å²) in [6, 6.07) is 11.7. The van der Waals surface area contributed by atoms with E-state index >= 15 is 0 Å². The van der Waals surface area contributed by atoms with Gasteiger partial charge in [-0.1, -0.05) is 17.4 Å². The molecule has 0 aliphatic heterocycles. The van der Waals surface area contributed by atoms with Gasteiger partial charge < -0.3 is 4.74 Å². The Balaban J connectivity index is 1.66. The van der Waals surface area contributed by atoms with E-state index in [-0.39, 0.29) is 0 Å². The van der Waals surface area contributed by atoms with E-state index in [9.17, 15) is 9.59 Å². The number of ether oxygens (including phenoxy) is 1. The zero-order chi connectivity index (χ0) is 17.1. The molecule has 3 aromatic rings. The SMILES string of the molecule is COc1ccc(C(=O)NC(=O)Nc2nc3ccc(C)cc3s2)cc1. The highest BCUT2D eigenvalue weighted by Crippen LogP contribution is 2.26. The maximum Gasteiger partial charge on any atom is 0.327 e. The first-order chi connectivity index (χ1) is 11.5. The fraction of sp³-hybridized carbons (Fsp3) is 0.118. The van der Waals surface area contributed by atoms with Crippen molar-refractivity contribution >= 4 is 38.6 Å². The predicted octanol–water partition coefficient (Wildman–Crippen LogP) is 3.58. The van der Waals surface area contributed by atoms with Crippen LogP contribution in [0.3, 0.4) is 0 Å². The molecule has 6 nitrogen and oxygen atoms in total. The second-order valence-electron chi connectivity index (χ2n) is 5.13. The number of carbonyl (C=O) groups is 2. The number of carbonyl (C=O) groups excluding carboxylic acids is 2. The molecule has 0 bridgehead atoms. The van der Waals surface area contributed by atoms with Gasteiger partial charge in [0.25, 0.3) is 5.91 Å². The van der Waals surface area contributed by atoms with Gasteiger partial charge in [-0.25, -0.2) is 9.78 Å². The molecule has 7 heteroatoms. The van der Waals surface area contributed by atoms with E-state index < -0.39 is 11.9 Å². The molecule has 2 N–H and O–H groups in total. The van der Waals surface area contributed by atoms with Gasteiger partial charge in [-0.05, 0) is 48.9 Å². The summed E-state index contributed by atoms with van der Waals surface area (Å²) in [6.45, 7) is 1.99. The van der Waals surface area contributed by atoms with E-state index in [4.69, 9.17) is 4.74 Å². The lowest BCUT2D eigenvalue weighted by Crippen LogP contribution is -2.34. The summed E-state index contributed by atoms with van der Waals surface area (Å²) in [5.74, 6) is 0.146. The Hall–Kier alpha value is -2.93. The fourth-order valence-corrected chi connectivity index (χ4v) is 3.09. The quantitative estimate of drug-likeness (QED) is 0.763. The molecule has 0 radical (unpaired) electrons. The molecule has 3 rings (SSSR count). The molecule has 0 aliphatic rings. The Labute approximate surface area is 142 Å². The predicted molar refractivity (Wildman–Crippen MR) is 93.8 cm³/mol. The molecular formula is C17H15N3O3S. The minimum atomic E-state index is -0.619. The van der Waals surface area contributed by atoms with Crippen LogP contribution in [0.4, 0.5) is 9.93 Å². The summed E-state index contributed by atoms with van der Waals surface area (Å²) in [7, 11) is 1.54. The van der Waals surface area contributed by atoms with Crippen LogP contribution in [-0.2, 0) is 0 Å². The van der Waals surface area contributed by atoms with Crippen LogP contribution in [0.5, 0.6) is 5.75 Å².